The van der Waals surface area contributed by atoms with E-state index in [-0.39, 0.29) is 23.1 Å². The average molecular weight is 268 g/mol. The molecule has 0 saturated carbocycles. The number of aliphatic carboxylic acids is 1. The van der Waals surface area contributed by atoms with Crippen molar-refractivity contribution in [1.82, 2.24) is 10.2 Å². The van der Waals surface area contributed by atoms with Crippen molar-refractivity contribution in [2.24, 2.45) is 0 Å². The number of carboxylic acid groups (broad SMARTS) is 1. The maximum Gasteiger partial charge on any atom is 0.331 e. The summed E-state index contributed by atoms with van der Waals surface area (Å²) in [6.45, 7) is 7.95. The van der Waals surface area contributed by atoms with Crippen LogP contribution < -0.4 is 5.32 Å². The number of hydrogen-bond acceptors (Lipinski definition) is 3. The summed E-state index contributed by atoms with van der Waals surface area (Å²) >= 11 is 0. The van der Waals surface area contributed by atoms with Gasteiger partial charge < -0.3 is 15.3 Å². The molecule has 19 heavy (non-hydrogen) atoms. The van der Waals surface area contributed by atoms with Gasteiger partial charge in [-0.25, -0.2) is 4.79 Å². The Hall–Kier alpha value is -1.36. The molecule has 2 N–H and O–H groups in total. The van der Waals surface area contributed by atoms with Crippen molar-refractivity contribution in [3.63, 3.8) is 0 Å². The van der Waals surface area contributed by atoms with E-state index >= 15 is 0 Å². The molecule has 1 amide bonds. The van der Waals surface area contributed by atoms with Crippen molar-refractivity contribution in [3.05, 3.63) is 11.1 Å². The van der Waals surface area contributed by atoms with Crippen LogP contribution in [0.4, 0.5) is 0 Å². The van der Waals surface area contributed by atoms with Gasteiger partial charge in [-0.15, -0.1) is 0 Å². The lowest BCUT2D eigenvalue weighted by Gasteiger charge is -2.29. The largest absolute Gasteiger partial charge is 0.478 e. The Morgan fingerprint density at radius 2 is 1.74 bits per heavy atom. The number of hydrogen-bond donors (Lipinski definition) is 2. The topological polar surface area (TPSA) is 69.6 Å². The Morgan fingerprint density at radius 1 is 1.16 bits per heavy atom. The van der Waals surface area contributed by atoms with Crippen LogP contribution in [0.1, 0.15) is 40.0 Å². The van der Waals surface area contributed by atoms with Crippen LogP contribution >= 0.6 is 0 Å². The first-order valence-corrected chi connectivity index (χ1v) is 6.85. The molecule has 0 spiro atoms. The smallest absolute Gasteiger partial charge is 0.331 e. The zero-order valence-corrected chi connectivity index (χ0v) is 12.0. The van der Waals surface area contributed by atoms with Crippen LogP contribution in [-0.2, 0) is 9.59 Å². The molecule has 0 aliphatic carbocycles. The van der Waals surface area contributed by atoms with Gasteiger partial charge in [0.15, 0.2) is 0 Å². The molecule has 1 atom stereocenters. The van der Waals surface area contributed by atoms with Crippen LogP contribution in [0.5, 0.6) is 0 Å². The fourth-order valence-corrected chi connectivity index (χ4v) is 2.24. The first-order valence-electron chi connectivity index (χ1n) is 6.85. The minimum absolute atomic E-state index is 0.0298. The van der Waals surface area contributed by atoms with E-state index in [1.54, 1.807) is 6.92 Å². The standard InChI is InChI=1S/C14H24N2O3/c1-10(9-16-7-5-4-6-8-16)15-13(17)11(2)12(3)14(18)19/h10H,4-9H2,1-3H3,(H,15,17)(H,18,19). The molecule has 1 rings (SSSR count). The van der Waals surface area contributed by atoms with Gasteiger partial charge in [0.25, 0.3) is 0 Å². The number of piperidine rings is 1. The molecule has 1 saturated heterocycles. The lowest BCUT2D eigenvalue weighted by molar-refractivity contribution is -0.133. The van der Waals surface area contributed by atoms with Crippen LogP contribution in [0, 0.1) is 0 Å². The van der Waals surface area contributed by atoms with Crippen LogP contribution in [-0.4, -0.2) is 47.6 Å². The summed E-state index contributed by atoms with van der Waals surface area (Å²) in [6.07, 6.45) is 3.73. The minimum Gasteiger partial charge on any atom is -0.478 e. The van der Waals surface area contributed by atoms with Gasteiger partial charge in [-0.05, 0) is 46.7 Å². The molecule has 5 nitrogen and oxygen atoms in total. The van der Waals surface area contributed by atoms with Crippen molar-refractivity contribution < 1.29 is 14.7 Å². The maximum atomic E-state index is 11.9. The zero-order chi connectivity index (χ0) is 14.4. The van der Waals surface area contributed by atoms with Crippen LogP contribution in [0.3, 0.4) is 0 Å². The third-order valence-corrected chi connectivity index (χ3v) is 3.58. The monoisotopic (exact) mass is 268 g/mol. The Bertz CT molecular complexity index is 371. The Labute approximate surface area is 114 Å². The molecule has 0 aromatic heterocycles. The predicted molar refractivity (Wildman–Crippen MR) is 73.9 cm³/mol. The normalized spacial score (nSPS) is 19.5. The molecular formula is C14H24N2O3. The van der Waals surface area contributed by atoms with E-state index in [1.165, 1.54) is 26.2 Å². The number of likely N-dealkylation sites (tertiary alicyclic amines) is 1. The van der Waals surface area contributed by atoms with Gasteiger partial charge in [0.05, 0.1) is 0 Å². The predicted octanol–water partition coefficient (Wildman–Crippen LogP) is 1.40. The molecule has 0 radical (unpaired) electrons. The quantitative estimate of drug-likeness (QED) is 0.739. The van der Waals surface area contributed by atoms with E-state index in [0.717, 1.165) is 19.6 Å². The molecule has 1 aliphatic heterocycles. The number of carboxylic acids is 1. The fraction of sp³-hybridized carbons (Fsp3) is 0.714. The van der Waals surface area contributed by atoms with E-state index in [1.807, 2.05) is 6.92 Å². The van der Waals surface area contributed by atoms with Crippen LogP contribution in [0.2, 0.25) is 0 Å². The van der Waals surface area contributed by atoms with E-state index < -0.39 is 5.97 Å². The van der Waals surface area contributed by atoms with Crippen molar-refractivity contribution in [3.8, 4) is 0 Å². The molecule has 0 aromatic rings. The Kier molecular flexibility index (Phi) is 6.02. The summed E-state index contributed by atoms with van der Waals surface area (Å²) in [5, 5.41) is 11.7. The molecule has 1 unspecified atom stereocenters. The van der Waals surface area contributed by atoms with E-state index in [2.05, 4.69) is 10.2 Å². The second kappa shape index (κ2) is 7.28. The summed E-state index contributed by atoms with van der Waals surface area (Å²) in [5.74, 6) is -1.33. The second-order valence-corrected chi connectivity index (χ2v) is 5.29. The van der Waals surface area contributed by atoms with Gasteiger partial charge >= 0.3 is 5.97 Å². The van der Waals surface area contributed by atoms with Gasteiger partial charge in [-0.1, -0.05) is 6.42 Å². The number of carbonyl (C=O) groups excluding carboxylic acids is 1. The highest BCUT2D eigenvalue weighted by Crippen LogP contribution is 2.09. The third kappa shape index (κ3) is 5.03. The summed E-state index contributed by atoms with van der Waals surface area (Å²) in [7, 11) is 0. The van der Waals surface area contributed by atoms with Gasteiger partial charge in [0, 0.05) is 23.7 Å². The van der Waals surface area contributed by atoms with E-state index in [4.69, 9.17) is 5.11 Å². The molecule has 0 aromatic carbocycles. The maximum absolute atomic E-state index is 11.9. The zero-order valence-electron chi connectivity index (χ0n) is 12.0. The fourth-order valence-electron chi connectivity index (χ4n) is 2.24. The van der Waals surface area contributed by atoms with Gasteiger partial charge in [0.2, 0.25) is 5.91 Å². The first kappa shape index (κ1) is 15.7. The van der Waals surface area contributed by atoms with Crippen molar-refractivity contribution in [2.75, 3.05) is 19.6 Å². The summed E-state index contributed by atoms with van der Waals surface area (Å²) < 4.78 is 0. The molecule has 5 heteroatoms. The summed E-state index contributed by atoms with van der Waals surface area (Å²) in [6, 6.07) is 0.0298. The van der Waals surface area contributed by atoms with Gasteiger partial charge in [-0.3, -0.25) is 4.79 Å². The second-order valence-electron chi connectivity index (χ2n) is 5.29. The lowest BCUT2D eigenvalue weighted by Crippen LogP contribution is -2.44. The molecule has 0 bridgehead atoms. The molecule has 1 fully saturated rings. The van der Waals surface area contributed by atoms with Crippen LogP contribution in [0.25, 0.3) is 0 Å². The van der Waals surface area contributed by atoms with Crippen molar-refractivity contribution in [2.45, 2.75) is 46.1 Å². The number of nitrogens with one attached hydrogen (secondary N) is 1. The van der Waals surface area contributed by atoms with E-state index in [9.17, 15) is 9.59 Å². The Balaban J connectivity index is 2.47. The van der Waals surface area contributed by atoms with Gasteiger partial charge in [-0.2, -0.15) is 0 Å². The SMILES string of the molecule is CC(C(=O)O)=C(C)C(=O)NC(C)CN1CCCCC1. The number of rotatable bonds is 5. The van der Waals surface area contributed by atoms with E-state index in [0.29, 0.717) is 0 Å². The van der Waals surface area contributed by atoms with Gasteiger partial charge in [0.1, 0.15) is 0 Å². The first-order chi connectivity index (χ1) is 8.91. The minimum atomic E-state index is -1.05. The molecule has 1 aliphatic rings. The number of nitrogens with zero attached hydrogens (tertiary/aromatic N) is 1. The molecule has 108 valence electrons. The molecule has 1 heterocycles. The summed E-state index contributed by atoms with van der Waals surface area (Å²) in [4.78, 5) is 25.0. The third-order valence-electron chi connectivity index (χ3n) is 3.58. The highest BCUT2D eigenvalue weighted by molar-refractivity contribution is 6.01. The summed E-state index contributed by atoms with van der Waals surface area (Å²) in [5.41, 5.74) is 0.376. The number of amides is 1. The highest BCUT2D eigenvalue weighted by Gasteiger charge is 2.17. The highest BCUT2D eigenvalue weighted by atomic mass is 16.4. The van der Waals surface area contributed by atoms with Crippen molar-refractivity contribution in [1.29, 1.82) is 0 Å². The molecular weight excluding hydrogens is 244 g/mol. The number of carbonyl (C=O) groups is 2. The average Bonchev–Trinajstić information content (AvgIpc) is 2.37. The van der Waals surface area contributed by atoms with Crippen LogP contribution in [0.15, 0.2) is 11.1 Å². The lowest BCUT2D eigenvalue weighted by atomic mass is 10.1. The Morgan fingerprint density at radius 3 is 2.26 bits per heavy atom. The van der Waals surface area contributed by atoms with Crippen molar-refractivity contribution >= 4 is 11.9 Å².